The van der Waals surface area contributed by atoms with Gasteiger partial charge in [0.15, 0.2) is 0 Å². The first-order valence-electron chi connectivity index (χ1n) is 7.76. The molecule has 1 fully saturated rings. The molecule has 1 aliphatic rings. The van der Waals surface area contributed by atoms with Crippen LogP contribution in [0.15, 0.2) is 0 Å². The van der Waals surface area contributed by atoms with Crippen molar-refractivity contribution in [1.82, 2.24) is 10.6 Å². The summed E-state index contributed by atoms with van der Waals surface area (Å²) in [6.07, 6.45) is 8.85. The number of hydrogen-bond donors (Lipinski definition) is 2. The molecule has 4 heteroatoms. The number of amides is 2. The van der Waals surface area contributed by atoms with E-state index in [1.165, 1.54) is 12.8 Å². The molecule has 110 valence electrons. The predicted molar refractivity (Wildman–Crippen MR) is 76.7 cm³/mol. The predicted octanol–water partition coefficient (Wildman–Crippen LogP) is 2.38. The molecule has 0 aromatic rings. The molecule has 1 atom stereocenters. The van der Waals surface area contributed by atoms with Crippen LogP contribution < -0.4 is 10.6 Å². The number of carbonyl (C=O) groups is 2. The molecule has 0 heterocycles. The first kappa shape index (κ1) is 16.0. The zero-order valence-corrected chi connectivity index (χ0v) is 12.3. The van der Waals surface area contributed by atoms with Gasteiger partial charge in [-0.05, 0) is 25.2 Å². The van der Waals surface area contributed by atoms with Gasteiger partial charge in [-0.2, -0.15) is 0 Å². The van der Waals surface area contributed by atoms with Crippen molar-refractivity contribution in [1.29, 1.82) is 0 Å². The van der Waals surface area contributed by atoms with E-state index in [1.807, 2.05) is 0 Å². The first-order valence-corrected chi connectivity index (χ1v) is 7.76. The summed E-state index contributed by atoms with van der Waals surface area (Å²) in [4.78, 5) is 23.4. The zero-order chi connectivity index (χ0) is 14.1. The van der Waals surface area contributed by atoms with Crippen molar-refractivity contribution in [2.24, 2.45) is 5.92 Å². The summed E-state index contributed by atoms with van der Waals surface area (Å²) in [5.41, 5.74) is 0. The SMILES string of the molecule is CCCC[C@@H](CC)CNC(=O)C(=O)NC1CCCC1. The van der Waals surface area contributed by atoms with Crippen molar-refractivity contribution in [3.05, 3.63) is 0 Å². The summed E-state index contributed by atoms with van der Waals surface area (Å²) in [6.45, 7) is 4.92. The molecule has 0 bridgehead atoms. The minimum absolute atomic E-state index is 0.209. The summed E-state index contributed by atoms with van der Waals surface area (Å²) in [5.74, 6) is -0.442. The van der Waals surface area contributed by atoms with Gasteiger partial charge >= 0.3 is 11.8 Å². The third kappa shape index (κ3) is 6.08. The molecule has 2 amide bonds. The third-order valence-corrected chi connectivity index (χ3v) is 3.99. The Bertz CT molecular complexity index is 286. The van der Waals surface area contributed by atoms with Crippen LogP contribution in [-0.4, -0.2) is 24.4 Å². The van der Waals surface area contributed by atoms with Crippen molar-refractivity contribution in [2.75, 3.05) is 6.54 Å². The zero-order valence-electron chi connectivity index (χ0n) is 12.3. The topological polar surface area (TPSA) is 58.2 Å². The van der Waals surface area contributed by atoms with Gasteiger partial charge < -0.3 is 10.6 Å². The molecule has 2 N–H and O–H groups in total. The highest BCUT2D eigenvalue weighted by atomic mass is 16.2. The molecule has 4 nitrogen and oxygen atoms in total. The minimum Gasteiger partial charge on any atom is -0.348 e. The second-order valence-electron chi connectivity index (χ2n) is 5.58. The monoisotopic (exact) mass is 268 g/mol. The lowest BCUT2D eigenvalue weighted by molar-refractivity contribution is -0.139. The normalized spacial score (nSPS) is 17.2. The van der Waals surface area contributed by atoms with E-state index in [0.29, 0.717) is 12.5 Å². The second-order valence-corrected chi connectivity index (χ2v) is 5.58. The van der Waals surface area contributed by atoms with Crippen LogP contribution in [0.2, 0.25) is 0 Å². The molecule has 0 unspecified atom stereocenters. The van der Waals surface area contributed by atoms with E-state index in [0.717, 1.165) is 38.5 Å². The van der Waals surface area contributed by atoms with Crippen LogP contribution in [0.5, 0.6) is 0 Å². The fourth-order valence-electron chi connectivity index (χ4n) is 2.58. The van der Waals surface area contributed by atoms with Gasteiger partial charge in [-0.15, -0.1) is 0 Å². The summed E-state index contributed by atoms with van der Waals surface area (Å²) < 4.78 is 0. The van der Waals surface area contributed by atoms with Crippen molar-refractivity contribution < 1.29 is 9.59 Å². The molecule has 19 heavy (non-hydrogen) atoms. The Kier molecular flexibility index (Phi) is 7.53. The van der Waals surface area contributed by atoms with Crippen LogP contribution in [0.25, 0.3) is 0 Å². The molecule has 0 aromatic heterocycles. The van der Waals surface area contributed by atoms with Crippen LogP contribution in [0.4, 0.5) is 0 Å². The van der Waals surface area contributed by atoms with E-state index in [1.54, 1.807) is 0 Å². The molecule has 1 rings (SSSR count). The summed E-state index contributed by atoms with van der Waals surface area (Å²) in [7, 11) is 0. The molecule has 0 radical (unpaired) electrons. The number of carbonyl (C=O) groups excluding carboxylic acids is 2. The lowest BCUT2D eigenvalue weighted by Crippen LogP contribution is -2.44. The smallest absolute Gasteiger partial charge is 0.309 e. The van der Waals surface area contributed by atoms with E-state index in [-0.39, 0.29) is 6.04 Å². The molecule has 1 aliphatic carbocycles. The Morgan fingerprint density at radius 3 is 2.42 bits per heavy atom. The van der Waals surface area contributed by atoms with Gasteiger partial charge in [-0.1, -0.05) is 46.0 Å². The Balaban J connectivity index is 2.22. The standard InChI is InChI=1S/C15H28N2O2/c1-3-5-8-12(4-2)11-16-14(18)15(19)17-13-9-6-7-10-13/h12-13H,3-11H2,1-2H3,(H,16,18)(H,17,19)/t12-/m1/s1. The molecular formula is C15H28N2O2. The maximum Gasteiger partial charge on any atom is 0.309 e. The molecular weight excluding hydrogens is 240 g/mol. The van der Waals surface area contributed by atoms with Crippen molar-refractivity contribution in [3.63, 3.8) is 0 Å². The third-order valence-electron chi connectivity index (χ3n) is 3.99. The van der Waals surface area contributed by atoms with Gasteiger partial charge in [0.2, 0.25) is 0 Å². The molecule has 0 aliphatic heterocycles. The Morgan fingerprint density at radius 2 is 1.84 bits per heavy atom. The van der Waals surface area contributed by atoms with E-state index in [2.05, 4.69) is 24.5 Å². The summed E-state index contributed by atoms with van der Waals surface area (Å²) >= 11 is 0. The fourth-order valence-corrected chi connectivity index (χ4v) is 2.58. The van der Waals surface area contributed by atoms with Gasteiger partial charge in [0.1, 0.15) is 0 Å². The van der Waals surface area contributed by atoms with E-state index >= 15 is 0 Å². The van der Waals surface area contributed by atoms with Crippen LogP contribution in [-0.2, 0) is 9.59 Å². The largest absolute Gasteiger partial charge is 0.348 e. The minimum atomic E-state index is -0.471. The van der Waals surface area contributed by atoms with E-state index in [9.17, 15) is 9.59 Å². The maximum absolute atomic E-state index is 11.7. The first-order chi connectivity index (χ1) is 9.17. The quantitative estimate of drug-likeness (QED) is 0.696. The number of nitrogens with one attached hydrogen (secondary N) is 2. The highest BCUT2D eigenvalue weighted by Crippen LogP contribution is 2.17. The number of rotatable bonds is 7. The second kappa shape index (κ2) is 8.94. The number of unbranched alkanes of at least 4 members (excludes halogenated alkanes) is 1. The maximum atomic E-state index is 11.7. The molecule has 0 spiro atoms. The van der Waals surface area contributed by atoms with E-state index < -0.39 is 11.8 Å². The molecule has 0 saturated heterocycles. The van der Waals surface area contributed by atoms with Crippen molar-refractivity contribution in [2.45, 2.75) is 71.3 Å². The average molecular weight is 268 g/mol. The Labute approximate surface area is 116 Å². The van der Waals surface area contributed by atoms with Crippen LogP contribution in [0.3, 0.4) is 0 Å². The van der Waals surface area contributed by atoms with Crippen LogP contribution in [0.1, 0.15) is 65.2 Å². The van der Waals surface area contributed by atoms with Gasteiger partial charge in [-0.25, -0.2) is 0 Å². The molecule has 0 aromatic carbocycles. The summed E-state index contributed by atoms with van der Waals surface area (Å²) in [5, 5.41) is 5.58. The Morgan fingerprint density at radius 1 is 1.16 bits per heavy atom. The summed E-state index contributed by atoms with van der Waals surface area (Å²) in [6, 6.07) is 0.209. The lowest BCUT2D eigenvalue weighted by Gasteiger charge is -2.16. The van der Waals surface area contributed by atoms with Crippen LogP contribution >= 0.6 is 0 Å². The van der Waals surface area contributed by atoms with Crippen molar-refractivity contribution >= 4 is 11.8 Å². The Hall–Kier alpha value is -1.06. The van der Waals surface area contributed by atoms with Gasteiger partial charge in [0.05, 0.1) is 0 Å². The van der Waals surface area contributed by atoms with Crippen molar-refractivity contribution in [3.8, 4) is 0 Å². The number of hydrogen-bond acceptors (Lipinski definition) is 2. The van der Waals surface area contributed by atoms with Crippen LogP contribution in [0, 0.1) is 5.92 Å². The van der Waals surface area contributed by atoms with Gasteiger partial charge in [0, 0.05) is 12.6 Å². The molecule has 1 saturated carbocycles. The lowest BCUT2D eigenvalue weighted by atomic mass is 9.99. The van der Waals surface area contributed by atoms with Gasteiger partial charge in [0.25, 0.3) is 0 Å². The highest BCUT2D eigenvalue weighted by molar-refractivity contribution is 6.35. The fraction of sp³-hybridized carbons (Fsp3) is 0.867. The van der Waals surface area contributed by atoms with Gasteiger partial charge in [-0.3, -0.25) is 9.59 Å². The highest BCUT2D eigenvalue weighted by Gasteiger charge is 2.21. The van der Waals surface area contributed by atoms with E-state index in [4.69, 9.17) is 0 Å². The average Bonchev–Trinajstić information content (AvgIpc) is 2.91.